The number of aromatic carboxylic acids is 1. The lowest BCUT2D eigenvalue weighted by Gasteiger charge is -2.12. The summed E-state index contributed by atoms with van der Waals surface area (Å²) in [5, 5.41) is 18.4. The van der Waals surface area contributed by atoms with Crippen LogP contribution < -0.4 is 5.73 Å². The van der Waals surface area contributed by atoms with Gasteiger partial charge in [0.15, 0.2) is 0 Å². The van der Waals surface area contributed by atoms with Crippen LogP contribution in [0.1, 0.15) is 28.9 Å². The molecule has 1 rings (SSSR count). The van der Waals surface area contributed by atoms with E-state index in [1.165, 1.54) is 6.07 Å². The standard InChI is InChI=1S/C9H10BrNO3/c1-4(11)7-6(10)3-2-5(8(7)12)9(13)14/h2-4,12H,11H2,1H3,(H,13,14)/t4-/m1/s1. The third-order valence-corrected chi connectivity index (χ3v) is 2.54. The maximum atomic E-state index is 10.7. The first-order valence-corrected chi connectivity index (χ1v) is 4.74. The van der Waals surface area contributed by atoms with Crippen molar-refractivity contribution in [3.63, 3.8) is 0 Å². The molecule has 0 aliphatic carbocycles. The van der Waals surface area contributed by atoms with Crippen molar-refractivity contribution in [2.75, 3.05) is 0 Å². The Morgan fingerprint density at radius 3 is 2.57 bits per heavy atom. The fourth-order valence-corrected chi connectivity index (χ4v) is 1.87. The van der Waals surface area contributed by atoms with Gasteiger partial charge in [-0.05, 0) is 19.1 Å². The second-order valence-electron chi connectivity index (χ2n) is 2.95. The smallest absolute Gasteiger partial charge is 0.339 e. The number of hydrogen-bond acceptors (Lipinski definition) is 3. The van der Waals surface area contributed by atoms with E-state index in [2.05, 4.69) is 15.9 Å². The number of halogens is 1. The van der Waals surface area contributed by atoms with Crippen LogP contribution >= 0.6 is 15.9 Å². The molecule has 0 unspecified atom stereocenters. The number of carboxylic acids is 1. The molecule has 0 saturated carbocycles. The van der Waals surface area contributed by atoms with E-state index in [1.54, 1.807) is 13.0 Å². The Morgan fingerprint density at radius 2 is 2.14 bits per heavy atom. The Hall–Kier alpha value is -1.07. The van der Waals surface area contributed by atoms with Gasteiger partial charge in [0.1, 0.15) is 11.3 Å². The molecule has 76 valence electrons. The molecule has 0 bridgehead atoms. The van der Waals surface area contributed by atoms with Crippen LogP contribution in [0.2, 0.25) is 0 Å². The highest BCUT2D eigenvalue weighted by atomic mass is 79.9. The summed E-state index contributed by atoms with van der Waals surface area (Å²) in [6, 6.07) is 2.46. The van der Waals surface area contributed by atoms with E-state index in [0.717, 1.165) is 0 Å². The number of aromatic hydroxyl groups is 1. The molecule has 0 amide bonds. The second kappa shape index (κ2) is 3.98. The lowest BCUT2D eigenvalue weighted by atomic mass is 10.0. The quantitative estimate of drug-likeness (QED) is 0.757. The molecule has 0 aliphatic rings. The number of carboxylic acid groups (broad SMARTS) is 1. The third-order valence-electron chi connectivity index (χ3n) is 1.85. The lowest BCUT2D eigenvalue weighted by molar-refractivity contribution is 0.0693. The zero-order chi connectivity index (χ0) is 10.9. The average molecular weight is 260 g/mol. The fraction of sp³-hybridized carbons (Fsp3) is 0.222. The molecule has 0 heterocycles. The number of hydrogen-bond donors (Lipinski definition) is 3. The Kier molecular flexibility index (Phi) is 3.13. The summed E-state index contributed by atoms with van der Waals surface area (Å²) in [6.07, 6.45) is 0. The summed E-state index contributed by atoms with van der Waals surface area (Å²) in [7, 11) is 0. The Balaban J connectivity index is 3.41. The third kappa shape index (κ3) is 1.88. The van der Waals surface area contributed by atoms with Crippen molar-refractivity contribution in [1.82, 2.24) is 0 Å². The zero-order valence-corrected chi connectivity index (χ0v) is 9.08. The van der Waals surface area contributed by atoms with Gasteiger partial charge in [0, 0.05) is 16.1 Å². The van der Waals surface area contributed by atoms with Crippen molar-refractivity contribution >= 4 is 21.9 Å². The summed E-state index contributed by atoms with van der Waals surface area (Å²) >= 11 is 3.20. The molecule has 4 nitrogen and oxygen atoms in total. The summed E-state index contributed by atoms with van der Waals surface area (Å²) in [5.41, 5.74) is 5.87. The molecule has 0 fully saturated rings. The van der Waals surface area contributed by atoms with Gasteiger partial charge in [-0.1, -0.05) is 15.9 Å². The van der Waals surface area contributed by atoms with Crippen LogP contribution in [0, 0.1) is 0 Å². The Labute approximate surface area is 89.5 Å². The van der Waals surface area contributed by atoms with Crippen LogP contribution in [0.5, 0.6) is 5.75 Å². The van der Waals surface area contributed by atoms with Crippen LogP contribution in [0.15, 0.2) is 16.6 Å². The molecule has 0 aliphatic heterocycles. The minimum absolute atomic E-state index is 0.138. The van der Waals surface area contributed by atoms with Gasteiger partial charge in [-0.15, -0.1) is 0 Å². The van der Waals surface area contributed by atoms with Crippen molar-refractivity contribution in [3.05, 3.63) is 27.7 Å². The molecular weight excluding hydrogens is 250 g/mol. The van der Waals surface area contributed by atoms with Crippen LogP contribution in [0.3, 0.4) is 0 Å². The van der Waals surface area contributed by atoms with Crippen molar-refractivity contribution in [2.45, 2.75) is 13.0 Å². The van der Waals surface area contributed by atoms with Gasteiger partial charge in [-0.2, -0.15) is 0 Å². The van der Waals surface area contributed by atoms with E-state index < -0.39 is 12.0 Å². The van der Waals surface area contributed by atoms with Gasteiger partial charge in [0.25, 0.3) is 0 Å². The second-order valence-corrected chi connectivity index (χ2v) is 3.81. The first kappa shape index (κ1) is 11.0. The van der Waals surface area contributed by atoms with E-state index in [4.69, 9.17) is 10.8 Å². The van der Waals surface area contributed by atoms with Crippen LogP contribution in [-0.2, 0) is 0 Å². The predicted octanol–water partition coefficient (Wildman–Crippen LogP) is 1.87. The number of benzene rings is 1. The minimum Gasteiger partial charge on any atom is -0.507 e. The van der Waals surface area contributed by atoms with Crippen LogP contribution in [0.25, 0.3) is 0 Å². The molecule has 5 heteroatoms. The number of carbonyl (C=O) groups is 1. The van der Waals surface area contributed by atoms with Gasteiger partial charge in [-0.25, -0.2) is 4.79 Å². The lowest BCUT2D eigenvalue weighted by Crippen LogP contribution is -2.08. The van der Waals surface area contributed by atoms with E-state index in [0.29, 0.717) is 10.0 Å². The van der Waals surface area contributed by atoms with E-state index in [9.17, 15) is 9.90 Å². The molecule has 1 atom stereocenters. The van der Waals surface area contributed by atoms with Gasteiger partial charge < -0.3 is 15.9 Å². The summed E-state index contributed by atoms with van der Waals surface area (Å²) in [5.74, 6) is -1.45. The summed E-state index contributed by atoms with van der Waals surface area (Å²) < 4.78 is 0.606. The highest BCUT2D eigenvalue weighted by molar-refractivity contribution is 9.10. The van der Waals surface area contributed by atoms with E-state index >= 15 is 0 Å². The van der Waals surface area contributed by atoms with Gasteiger partial charge in [0.2, 0.25) is 0 Å². The SMILES string of the molecule is C[C@@H](N)c1c(Br)ccc(C(=O)O)c1O. The van der Waals surface area contributed by atoms with E-state index in [-0.39, 0.29) is 11.3 Å². The van der Waals surface area contributed by atoms with Crippen molar-refractivity contribution < 1.29 is 15.0 Å². The molecule has 0 spiro atoms. The first-order chi connectivity index (χ1) is 6.45. The van der Waals surface area contributed by atoms with Crippen LogP contribution in [-0.4, -0.2) is 16.2 Å². The summed E-state index contributed by atoms with van der Waals surface area (Å²) in [6.45, 7) is 1.67. The van der Waals surface area contributed by atoms with Crippen molar-refractivity contribution in [2.24, 2.45) is 5.73 Å². The maximum Gasteiger partial charge on any atom is 0.339 e. The summed E-state index contributed by atoms with van der Waals surface area (Å²) in [4.78, 5) is 10.7. The molecule has 0 radical (unpaired) electrons. The Morgan fingerprint density at radius 1 is 1.57 bits per heavy atom. The normalized spacial score (nSPS) is 12.5. The average Bonchev–Trinajstić information content (AvgIpc) is 2.02. The predicted molar refractivity (Wildman–Crippen MR) is 55.4 cm³/mol. The molecular formula is C9H10BrNO3. The van der Waals surface area contributed by atoms with Gasteiger partial charge in [0.05, 0.1) is 0 Å². The number of rotatable bonds is 2. The monoisotopic (exact) mass is 259 g/mol. The highest BCUT2D eigenvalue weighted by Gasteiger charge is 2.18. The van der Waals surface area contributed by atoms with Gasteiger partial charge >= 0.3 is 5.97 Å². The molecule has 4 N–H and O–H groups in total. The zero-order valence-electron chi connectivity index (χ0n) is 7.49. The first-order valence-electron chi connectivity index (χ1n) is 3.95. The fourth-order valence-electron chi connectivity index (χ4n) is 1.19. The van der Waals surface area contributed by atoms with Crippen molar-refractivity contribution in [1.29, 1.82) is 0 Å². The van der Waals surface area contributed by atoms with Crippen LogP contribution in [0.4, 0.5) is 0 Å². The maximum absolute atomic E-state index is 10.7. The molecule has 1 aromatic rings. The number of nitrogens with two attached hydrogens (primary N) is 1. The molecule has 1 aromatic carbocycles. The minimum atomic E-state index is -1.17. The molecule has 0 aromatic heterocycles. The highest BCUT2D eigenvalue weighted by Crippen LogP contribution is 2.33. The topological polar surface area (TPSA) is 83.6 Å². The molecule has 14 heavy (non-hydrogen) atoms. The van der Waals surface area contributed by atoms with E-state index in [1.807, 2.05) is 0 Å². The van der Waals surface area contributed by atoms with Gasteiger partial charge in [-0.3, -0.25) is 0 Å². The number of phenols is 1. The molecule has 0 saturated heterocycles. The van der Waals surface area contributed by atoms with Crippen molar-refractivity contribution in [3.8, 4) is 5.75 Å². The largest absolute Gasteiger partial charge is 0.507 e. The Bertz CT molecular complexity index is 377.